The molecular weight excluding hydrogens is 468 g/mol. The first-order valence-electron chi connectivity index (χ1n) is 13.6. The maximum atomic E-state index is 13.8. The van der Waals surface area contributed by atoms with Crippen molar-refractivity contribution in [3.63, 3.8) is 0 Å². The van der Waals surface area contributed by atoms with Crippen LogP contribution in [0.5, 0.6) is 17.2 Å². The largest absolute Gasteiger partial charge is 0.872 e. The minimum atomic E-state index is -0.458. The van der Waals surface area contributed by atoms with Crippen molar-refractivity contribution < 1.29 is 29.2 Å². The first kappa shape index (κ1) is 25.6. The third kappa shape index (κ3) is 5.20. The van der Waals surface area contributed by atoms with E-state index in [2.05, 4.69) is 13.8 Å². The lowest BCUT2D eigenvalue weighted by molar-refractivity contribution is -0.923. The lowest BCUT2D eigenvalue weighted by atomic mass is 9.95. The van der Waals surface area contributed by atoms with E-state index in [-0.39, 0.29) is 27.7 Å². The Kier molecular flexibility index (Phi) is 7.45. The highest BCUT2D eigenvalue weighted by atomic mass is 16.5. The predicted octanol–water partition coefficient (Wildman–Crippen LogP) is 1.25. The second-order valence-corrected chi connectivity index (χ2v) is 11.3. The van der Waals surface area contributed by atoms with Crippen LogP contribution >= 0.6 is 0 Å². The highest BCUT2D eigenvalue weighted by Gasteiger charge is 2.26. The summed E-state index contributed by atoms with van der Waals surface area (Å²) in [5, 5.41) is 27.7. The summed E-state index contributed by atoms with van der Waals surface area (Å²) < 4.78 is 11.2. The lowest BCUT2D eigenvalue weighted by Gasteiger charge is -2.34. The van der Waals surface area contributed by atoms with E-state index >= 15 is 0 Å². The van der Waals surface area contributed by atoms with Crippen LogP contribution in [0.2, 0.25) is 0 Å². The molecule has 0 amide bonds. The molecule has 2 saturated heterocycles. The van der Waals surface area contributed by atoms with Crippen LogP contribution in [0.4, 0.5) is 0 Å². The molecule has 3 heterocycles. The Hall–Kier alpha value is -3.03. The van der Waals surface area contributed by atoms with Crippen molar-refractivity contribution in [3.8, 4) is 28.4 Å². The van der Waals surface area contributed by atoms with E-state index in [9.17, 15) is 15.0 Å². The van der Waals surface area contributed by atoms with Crippen LogP contribution in [-0.4, -0.2) is 33.3 Å². The van der Waals surface area contributed by atoms with E-state index in [1.165, 1.54) is 28.9 Å². The van der Waals surface area contributed by atoms with Crippen LogP contribution in [0.1, 0.15) is 50.7 Å². The van der Waals surface area contributed by atoms with Gasteiger partial charge in [-0.3, -0.25) is 4.79 Å². The molecule has 0 spiro atoms. The Bertz CT molecular complexity index is 1320. The summed E-state index contributed by atoms with van der Waals surface area (Å²) in [6, 6.07) is 7.11. The molecule has 0 saturated carbocycles. The van der Waals surface area contributed by atoms with E-state index in [1.807, 2.05) is 0 Å². The van der Waals surface area contributed by atoms with Crippen molar-refractivity contribution in [2.24, 2.45) is 11.8 Å². The maximum Gasteiger partial charge on any atom is 0.199 e. The number of rotatable bonds is 6. The highest BCUT2D eigenvalue weighted by molar-refractivity contribution is 5.92. The van der Waals surface area contributed by atoms with Crippen molar-refractivity contribution in [1.29, 1.82) is 0 Å². The van der Waals surface area contributed by atoms with Gasteiger partial charge in [0, 0.05) is 17.4 Å². The first-order chi connectivity index (χ1) is 17.9. The molecule has 0 radical (unpaired) electrons. The SMILES string of the molecule is COc1ccc(-c2coc3c(C[NH+]4CCCC(C)C4)c([O-])c(C[NH+]4CCCC(C)C4)c([O-])c3c2=O)cc1. The fourth-order valence-corrected chi connectivity index (χ4v) is 6.34. The van der Waals surface area contributed by atoms with Crippen LogP contribution in [0.3, 0.4) is 0 Å². The van der Waals surface area contributed by atoms with Gasteiger partial charge in [-0.1, -0.05) is 37.5 Å². The fraction of sp³-hybridized carbons (Fsp3) is 0.500. The van der Waals surface area contributed by atoms with E-state index in [1.54, 1.807) is 31.4 Å². The molecule has 3 aromatic rings. The second kappa shape index (κ2) is 10.8. The van der Waals surface area contributed by atoms with E-state index < -0.39 is 5.75 Å². The average molecular weight is 507 g/mol. The monoisotopic (exact) mass is 506 g/mol. The first-order valence-corrected chi connectivity index (χ1v) is 13.6. The van der Waals surface area contributed by atoms with Gasteiger partial charge in [0.1, 0.15) is 30.7 Å². The number of benzene rings is 2. The zero-order chi connectivity index (χ0) is 26.1. The number of likely N-dealkylation sites (tertiary alicyclic amines) is 2. The molecule has 37 heavy (non-hydrogen) atoms. The number of nitrogens with one attached hydrogen (secondary N) is 2. The zero-order valence-corrected chi connectivity index (χ0v) is 22.2. The third-order valence-corrected chi connectivity index (χ3v) is 8.30. The number of piperidine rings is 2. The highest BCUT2D eigenvalue weighted by Crippen LogP contribution is 2.36. The van der Waals surface area contributed by atoms with Gasteiger partial charge in [0.25, 0.3) is 0 Å². The second-order valence-electron chi connectivity index (χ2n) is 11.3. The fourth-order valence-electron chi connectivity index (χ4n) is 6.34. The molecule has 0 aliphatic carbocycles. The van der Waals surface area contributed by atoms with Crippen molar-refractivity contribution >= 4 is 11.0 Å². The Morgan fingerprint density at radius 1 is 0.919 bits per heavy atom. The Balaban J connectivity index is 1.64. The van der Waals surface area contributed by atoms with Gasteiger partial charge in [0.15, 0.2) is 5.43 Å². The minimum absolute atomic E-state index is 0.0202. The van der Waals surface area contributed by atoms with Crippen molar-refractivity contribution in [1.82, 2.24) is 0 Å². The lowest BCUT2D eigenvalue weighted by Crippen LogP contribution is -3.12. The number of ether oxygens (including phenoxy) is 1. The molecule has 4 atom stereocenters. The number of quaternary nitrogens is 2. The van der Waals surface area contributed by atoms with Gasteiger partial charge < -0.3 is 29.2 Å². The molecule has 198 valence electrons. The quantitative estimate of drug-likeness (QED) is 0.525. The number of hydrogen-bond acceptors (Lipinski definition) is 5. The molecule has 2 aliphatic heterocycles. The van der Waals surface area contributed by atoms with Crippen molar-refractivity contribution in [2.45, 2.75) is 52.6 Å². The van der Waals surface area contributed by atoms with E-state index in [0.717, 1.165) is 39.0 Å². The zero-order valence-electron chi connectivity index (χ0n) is 22.2. The molecule has 2 aliphatic rings. The summed E-state index contributed by atoms with van der Waals surface area (Å²) in [6.07, 6.45) is 5.96. The Morgan fingerprint density at radius 3 is 2.08 bits per heavy atom. The van der Waals surface area contributed by atoms with Crippen LogP contribution in [0.15, 0.2) is 39.7 Å². The van der Waals surface area contributed by atoms with Gasteiger partial charge in [0.05, 0.1) is 44.2 Å². The summed E-state index contributed by atoms with van der Waals surface area (Å²) in [5.41, 5.74) is 1.50. The molecule has 2 N–H and O–H groups in total. The number of hydrogen-bond donors (Lipinski definition) is 2. The Morgan fingerprint density at radius 2 is 1.51 bits per heavy atom. The molecule has 1 aromatic heterocycles. The average Bonchev–Trinajstić information content (AvgIpc) is 2.89. The van der Waals surface area contributed by atoms with Crippen LogP contribution < -0.4 is 30.2 Å². The molecule has 0 bridgehead atoms. The third-order valence-electron chi connectivity index (χ3n) is 8.30. The molecule has 7 nitrogen and oxygen atoms in total. The smallest absolute Gasteiger partial charge is 0.199 e. The van der Waals surface area contributed by atoms with E-state index in [4.69, 9.17) is 9.15 Å². The van der Waals surface area contributed by atoms with Gasteiger partial charge in [0.2, 0.25) is 0 Å². The summed E-state index contributed by atoms with van der Waals surface area (Å²) in [5.74, 6) is 1.13. The van der Waals surface area contributed by atoms with Gasteiger partial charge >= 0.3 is 0 Å². The number of fused-ring (bicyclic) bond motifs is 1. The summed E-state index contributed by atoms with van der Waals surface area (Å²) in [7, 11) is 1.59. The molecule has 7 heteroatoms. The molecule has 5 rings (SSSR count). The summed E-state index contributed by atoms with van der Waals surface area (Å²) >= 11 is 0. The van der Waals surface area contributed by atoms with Gasteiger partial charge in [-0.15, -0.1) is 0 Å². The summed E-state index contributed by atoms with van der Waals surface area (Å²) in [6.45, 7) is 9.11. The Labute approximate surface area is 218 Å². The number of methoxy groups -OCH3 is 1. The van der Waals surface area contributed by atoms with Crippen molar-refractivity contribution in [2.75, 3.05) is 33.3 Å². The molecule has 4 unspecified atom stereocenters. The maximum absolute atomic E-state index is 13.8. The van der Waals surface area contributed by atoms with Crippen LogP contribution in [-0.2, 0) is 13.1 Å². The van der Waals surface area contributed by atoms with Crippen molar-refractivity contribution in [3.05, 3.63) is 51.9 Å². The topological polar surface area (TPSA) is 94.4 Å². The summed E-state index contributed by atoms with van der Waals surface area (Å²) in [4.78, 5) is 16.4. The standard InChI is InChI=1S/C30H38N2O5/c1-19-6-4-12-31(14-19)16-23-27(33)24(17-32-13-5-7-20(2)15-32)30-26(28(23)34)29(35)25(18-37-30)21-8-10-22(36-3)11-9-21/h8-11,18-20,33-34H,4-7,12-17H2,1-3H3. The predicted molar refractivity (Wildman–Crippen MR) is 139 cm³/mol. The molecule has 2 fully saturated rings. The van der Waals surface area contributed by atoms with Crippen LogP contribution in [0, 0.1) is 11.8 Å². The normalized spacial score (nSPS) is 24.3. The molecule has 2 aromatic carbocycles. The van der Waals surface area contributed by atoms with Gasteiger partial charge in [-0.25, -0.2) is 0 Å². The molecular formula is C30H38N2O5. The van der Waals surface area contributed by atoms with Gasteiger partial charge in [-0.05, 0) is 48.9 Å². The van der Waals surface area contributed by atoms with E-state index in [0.29, 0.717) is 47.4 Å². The van der Waals surface area contributed by atoms with Crippen LogP contribution in [0.25, 0.3) is 22.1 Å². The van der Waals surface area contributed by atoms with Gasteiger partial charge in [-0.2, -0.15) is 0 Å². The minimum Gasteiger partial charge on any atom is -0.872 e.